The normalized spacial score (nSPS) is 10.3. The van der Waals surface area contributed by atoms with Crippen LogP contribution in [0, 0.1) is 0 Å². The van der Waals surface area contributed by atoms with Crippen LogP contribution in [0.5, 0.6) is 17.2 Å². The van der Waals surface area contributed by atoms with Crippen molar-refractivity contribution in [2.24, 2.45) is 0 Å². The van der Waals surface area contributed by atoms with Gasteiger partial charge in [0, 0.05) is 11.8 Å². The number of aromatic carboxylic acids is 1. The molecule has 1 aromatic heterocycles. The van der Waals surface area contributed by atoms with Crippen molar-refractivity contribution in [3.05, 3.63) is 33.8 Å². The molecule has 0 spiro atoms. The number of carboxylic acids is 1. The van der Waals surface area contributed by atoms with Crippen LogP contribution in [-0.2, 0) is 17.8 Å². The highest BCUT2D eigenvalue weighted by Crippen LogP contribution is 2.38. The van der Waals surface area contributed by atoms with Crippen LogP contribution in [0.4, 0.5) is 0 Å². The molecule has 0 saturated carbocycles. The topological polar surface area (TPSA) is 107 Å². The molecule has 2 aromatic rings. The Bertz CT molecular complexity index is 764. The number of nitrogens with one attached hydrogen (secondary N) is 1. The van der Waals surface area contributed by atoms with E-state index in [9.17, 15) is 9.59 Å². The van der Waals surface area contributed by atoms with E-state index in [1.807, 2.05) is 0 Å². The number of aryl methyl sites for hydroxylation is 1. The fourth-order valence-corrected chi connectivity index (χ4v) is 3.00. The summed E-state index contributed by atoms with van der Waals surface area (Å²) >= 11 is 1.19. The molecule has 9 heteroatoms. The first kappa shape index (κ1) is 19.5. The highest BCUT2D eigenvalue weighted by molar-refractivity contribution is 7.09. The second-order valence-corrected chi connectivity index (χ2v) is 6.18. The molecular formula is C17H20N2O6S. The molecule has 8 nitrogen and oxygen atoms in total. The minimum absolute atomic E-state index is 0.0170. The molecule has 1 amide bonds. The molecule has 0 aliphatic rings. The molecular weight excluding hydrogens is 360 g/mol. The molecule has 0 radical (unpaired) electrons. The molecule has 0 fully saturated rings. The predicted octanol–water partition coefficient (Wildman–Crippen LogP) is 2.12. The first-order chi connectivity index (χ1) is 12.5. The summed E-state index contributed by atoms with van der Waals surface area (Å²) in [6, 6.07) is 3.60. The van der Waals surface area contributed by atoms with E-state index in [4.69, 9.17) is 19.3 Å². The fourth-order valence-electron chi connectivity index (χ4n) is 2.29. The zero-order chi connectivity index (χ0) is 19.1. The van der Waals surface area contributed by atoms with Gasteiger partial charge >= 0.3 is 5.97 Å². The van der Waals surface area contributed by atoms with Crippen LogP contribution in [-0.4, -0.2) is 43.3 Å². The largest absolute Gasteiger partial charge is 0.493 e. The Morgan fingerprint density at radius 1 is 1.15 bits per heavy atom. The van der Waals surface area contributed by atoms with E-state index >= 15 is 0 Å². The van der Waals surface area contributed by atoms with Crippen LogP contribution in [0.1, 0.15) is 27.5 Å². The van der Waals surface area contributed by atoms with Crippen molar-refractivity contribution in [2.75, 3.05) is 21.3 Å². The van der Waals surface area contributed by atoms with Gasteiger partial charge in [0.25, 0.3) is 0 Å². The Morgan fingerprint density at radius 2 is 1.81 bits per heavy atom. The number of aromatic nitrogens is 1. The third-order valence-electron chi connectivity index (χ3n) is 3.57. The minimum atomic E-state index is -1.08. The number of nitrogens with zero attached hydrogens (tertiary/aromatic N) is 1. The van der Waals surface area contributed by atoms with Crippen LogP contribution in [0.3, 0.4) is 0 Å². The van der Waals surface area contributed by atoms with E-state index in [0.29, 0.717) is 28.7 Å². The van der Waals surface area contributed by atoms with Crippen molar-refractivity contribution >= 4 is 23.2 Å². The van der Waals surface area contributed by atoms with Gasteiger partial charge in [0.2, 0.25) is 11.7 Å². The second kappa shape index (κ2) is 9.04. The quantitative estimate of drug-likeness (QED) is 0.686. The molecule has 26 heavy (non-hydrogen) atoms. The summed E-state index contributed by atoms with van der Waals surface area (Å²) in [5.74, 6) is 0.325. The van der Waals surface area contributed by atoms with Crippen LogP contribution in [0.15, 0.2) is 17.5 Å². The lowest BCUT2D eigenvalue weighted by atomic mass is 10.1. The zero-order valence-corrected chi connectivity index (χ0v) is 15.5. The summed E-state index contributed by atoms with van der Waals surface area (Å²) in [6.07, 6.45) is 0.747. The Labute approximate surface area is 154 Å². The molecule has 140 valence electrons. The summed E-state index contributed by atoms with van der Waals surface area (Å²) in [5.41, 5.74) is 0.855. The lowest BCUT2D eigenvalue weighted by Gasteiger charge is -2.14. The van der Waals surface area contributed by atoms with Gasteiger partial charge in [-0.05, 0) is 24.1 Å². The van der Waals surface area contributed by atoms with Gasteiger partial charge in [0.15, 0.2) is 17.2 Å². The van der Waals surface area contributed by atoms with Crippen LogP contribution >= 0.6 is 11.3 Å². The second-order valence-electron chi connectivity index (χ2n) is 5.24. The van der Waals surface area contributed by atoms with Crippen molar-refractivity contribution in [3.8, 4) is 17.2 Å². The summed E-state index contributed by atoms with van der Waals surface area (Å²) in [7, 11) is 4.60. The maximum absolute atomic E-state index is 12.0. The summed E-state index contributed by atoms with van der Waals surface area (Å²) in [4.78, 5) is 26.7. The van der Waals surface area contributed by atoms with Crippen molar-refractivity contribution < 1.29 is 28.9 Å². The Morgan fingerprint density at radius 3 is 2.31 bits per heavy atom. The molecule has 1 aromatic carbocycles. The number of rotatable bonds is 9. The molecule has 0 aliphatic heterocycles. The van der Waals surface area contributed by atoms with Crippen molar-refractivity contribution in [1.29, 1.82) is 0 Å². The third kappa shape index (κ3) is 4.85. The smallest absolute Gasteiger partial charge is 0.355 e. The first-order valence-corrected chi connectivity index (χ1v) is 8.59. The highest BCUT2D eigenvalue weighted by atomic mass is 32.1. The number of hydrogen-bond donors (Lipinski definition) is 2. The molecule has 2 N–H and O–H groups in total. The summed E-state index contributed by atoms with van der Waals surface area (Å²) < 4.78 is 15.9. The molecule has 0 bridgehead atoms. The number of methoxy groups -OCH3 is 3. The minimum Gasteiger partial charge on any atom is -0.493 e. The van der Waals surface area contributed by atoms with Crippen molar-refractivity contribution in [1.82, 2.24) is 10.3 Å². The number of carbonyl (C=O) groups is 2. The van der Waals surface area contributed by atoms with Gasteiger partial charge in [-0.1, -0.05) is 0 Å². The number of ether oxygens (including phenoxy) is 3. The van der Waals surface area contributed by atoms with Crippen LogP contribution in [0.25, 0.3) is 0 Å². The maximum atomic E-state index is 12.0. The van der Waals surface area contributed by atoms with E-state index in [0.717, 1.165) is 5.56 Å². The van der Waals surface area contributed by atoms with Gasteiger partial charge in [0.1, 0.15) is 5.01 Å². The molecule has 2 rings (SSSR count). The number of thiazole rings is 1. The number of carboxylic acid groups (broad SMARTS) is 1. The van der Waals surface area contributed by atoms with Crippen LogP contribution in [0.2, 0.25) is 0 Å². The average molecular weight is 380 g/mol. The van der Waals surface area contributed by atoms with E-state index in [1.165, 1.54) is 38.0 Å². The third-order valence-corrected chi connectivity index (χ3v) is 4.42. The van der Waals surface area contributed by atoms with Gasteiger partial charge < -0.3 is 24.6 Å². The summed E-state index contributed by atoms with van der Waals surface area (Å²) in [5, 5.41) is 13.6. The standard InChI is InChI=1S/C17H20N2O6S/c1-23-12-6-10(7-13(24-2)16(12)25-3)4-5-14(20)18-8-15-19-11(9-26-15)17(21)22/h6-7,9H,4-5,8H2,1-3H3,(H,18,20)(H,21,22). The van der Waals surface area contributed by atoms with Gasteiger partial charge in [0.05, 0.1) is 27.9 Å². The number of benzene rings is 1. The molecule has 0 saturated heterocycles. The Balaban J connectivity index is 1.93. The van der Waals surface area contributed by atoms with Gasteiger partial charge in [-0.2, -0.15) is 0 Å². The van der Waals surface area contributed by atoms with Gasteiger partial charge in [-0.15, -0.1) is 11.3 Å². The van der Waals surface area contributed by atoms with Gasteiger partial charge in [-0.3, -0.25) is 4.79 Å². The van der Waals surface area contributed by atoms with E-state index in [-0.39, 0.29) is 24.6 Å². The van der Waals surface area contributed by atoms with Gasteiger partial charge in [-0.25, -0.2) is 9.78 Å². The zero-order valence-electron chi connectivity index (χ0n) is 14.7. The molecule has 0 unspecified atom stereocenters. The number of hydrogen-bond acceptors (Lipinski definition) is 7. The maximum Gasteiger partial charge on any atom is 0.355 e. The Kier molecular flexibility index (Phi) is 6.79. The Hall–Kier alpha value is -2.81. The fraction of sp³-hybridized carbons (Fsp3) is 0.353. The lowest BCUT2D eigenvalue weighted by molar-refractivity contribution is -0.121. The first-order valence-electron chi connectivity index (χ1n) is 7.71. The molecule has 0 aliphatic carbocycles. The monoisotopic (exact) mass is 380 g/mol. The van der Waals surface area contributed by atoms with E-state index < -0.39 is 5.97 Å². The highest BCUT2D eigenvalue weighted by Gasteiger charge is 2.14. The van der Waals surface area contributed by atoms with E-state index in [2.05, 4.69) is 10.3 Å². The predicted molar refractivity (Wildman–Crippen MR) is 95.3 cm³/mol. The van der Waals surface area contributed by atoms with Crippen molar-refractivity contribution in [3.63, 3.8) is 0 Å². The van der Waals surface area contributed by atoms with Crippen molar-refractivity contribution in [2.45, 2.75) is 19.4 Å². The average Bonchev–Trinajstić information content (AvgIpc) is 3.13. The van der Waals surface area contributed by atoms with Crippen LogP contribution < -0.4 is 19.5 Å². The van der Waals surface area contributed by atoms with E-state index in [1.54, 1.807) is 12.1 Å². The number of carbonyl (C=O) groups excluding carboxylic acids is 1. The summed E-state index contributed by atoms with van der Waals surface area (Å²) in [6.45, 7) is 0.200. The molecule has 0 atom stereocenters. The number of amides is 1. The SMILES string of the molecule is COc1cc(CCC(=O)NCc2nc(C(=O)O)cs2)cc(OC)c1OC. The lowest BCUT2D eigenvalue weighted by Crippen LogP contribution is -2.23. The molecule has 1 heterocycles.